The SMILES string of the molecule is CCC[C@H]1CC([Si](C)(C)N2CCNCC2)C2C=CC=CC21. The lowest BCUT2D eigenvalue weighted by Gasteiger charge is -2.45. The maximum absolute atomic E-state index is 3.52. The van der Waals surface area contributed by atoms with Crippen LogP contribution >= 0.6 is 0 Å². The topological polar surface area (TPSA) is 15.3 Å². The summed E-state index contributed by atoms with van der Waals surface area (Å²) in [5, 5.41) is 3.52. The van der Waals surface area contributed by atoms with Crippen LogP contribution in [0.3, 0.4) is 0 Å². The smallest absolute Gasteiger partial charge is 0.126 e. The molecule has 0 amide bonds. The van der Waals surface area contributed by atoms with Crippen LogP contribution in [-0.2, 0) is 0 Å². The second-order valence-corrected chi connectivity index (χ2v) is 12.4. The first kappa shape index (κ1) is 15.5. The summed E-state index contributed by atoms with van der Waals surface area (Å²) in [7, 11) is -1.34. The highest BCUT2D eigenvalue weighted by Crippen LogP contribution is 2.54. The van der Waals surface area contributed by atoms with Crippen molar-refractivity contribution in [2.24, 2.45) is 17.8 Å². The Hall–Kier alpha value is -0.383. The van der Waals surface area contributed by atoms with Crippen LogP contribution in [0.2, 0.25) is 18.6 Å². The molecule has 0 radical (unpaired) electrons. The highest BCUT2D eigenvalue weighted by Gasteiger charge is 2.50. The number of rotatable bonds is 4. The Morgan fingerprint density at radius 1 is 1.10 bits per heavy atom. The third-order valence-corrected chi connectivity index (χ3v) is 10.8. The van der Waals surface area contributed by atoms with Crippen LogP contribution in [0.15, 0.2) is 24.3 Å². The molecule has 4 atom stereocenters. The summed E-state index contributed by atoms with van der Waals surface area (Å²) >= 11 is 0. The molecule has 1 saturated carbocycles. The van der Waals surface area contributed by atoms with E-state index in [1.807, 2.05) is 0 Å². The van der Waals surface area contributed by atoms with Gasteiger partial charge >= 0.3 is 0 Å². The lowest BCUT2D eigenvalue weighted by atomic mass is 9.84. The van der Waals surface area contributed by atoms with Gasteiger partial charge in [-0.15, -0.1) is 0 Å². The molecule has 3 heteroatoms. The van der Waals surface area contributed by atoms with Crippen LogP contribution in [0.1, 0.15) is 26.2 Å². The molecule has 0 aromatic rings. The summed E-state index contributed by atoms with van der Waals surface area (Å²) in [6.45, 7) is 12.5. The van der Waals surface area contributed by atoms with E-state index in [0.29, 0.717) is 0 Å². The molecule has 1 N–H and O–H groups in total. The van der Waals surface area contributed by atoms with Crippen molar-refractivity contribution in [2.75, 3.05) is 26.2 Å². The summed E-state index contributed by atoms with van der Waals surface area (Å²) in [5.41, 5.74) is 0.943. The van der Waals surface area contributed by atoms with Crippen molar-refractivity contribution in [3.05, 3.63) is 24.3 Å². The third-order valence-electron chi connectivity index (χ3n) is 6.29. The Morgan fingerprint density at radius 2 is 1.76 bits per heavy atom. The fourth-order valence-corrected chi connectivity index (χ4v) is 9.07. The molecule has 3 unspecified atom stereocenters. The first-order valence-electron chi connectivity index (χ1n) is 8.95. The number of allylic oxidation sites excluding steroid dienone is 4. The molecule has 1 saturated heterocycles. The molecule has 3 aliphatic rings. The van der Waals surface area contributed by atoms with Gasteiger partial charge in [-0.2, -0.15) is 0 Å². The van der Waals surface area contributed by atoms with Gasteiger partial charge in [-0.3, -0.25) is 0 Å². The Labute approximate surface area is 131 Å². The minimum atomic E-state index is -1.34. The molecule has 0 aromatic heterocycles. The molecular weight excluding hydrogens is 272 g/mol. The molecule has 0 bridgehead atoms. The van der Waals surface area contributed by atoms with Gasteiger partial charge in [0.2, 0.25) is 0 Å². The van der Waals surface area contributed by atoms with Gasteiger partial charge in [-0.25, -0.2) is 0 Å². The van der Waals surface area contributed by atoms with Crippen molar-refractivity contribution >= 4 is 8.24 Å². The van der Waals surface area contributed by atoms with E-state index in [9.17, 15) is 0 Å². The predicted octanol–water partition coefficient (Wildman–Crippen LogP) is 3.65. The largest absolute Gasteiger partial charge is 0.321 e. The average molecular weight is 305 g/mol. The fourth-order valence-electron chi connectivity index (χ4n) is 5.07. The van der Waals surface area contributed by atoms with Gasteiger partial charge in [-0.1, -0.05) is 57.2 Å². The van der Waals surface area contributed by atoms with Crippen molar-refractivity contribution in [3.8, 4) is 0 Å². The van der Waals surface area contributed by atoms with Crippen LogP contribution in [-0.4, -0.2) is 39.0 Å². The van der Waals surface area contributed by atoms with E-state index < -0.39 is 8.24 Å². The summed E-state index contributed by atoms with van der Waals surface area (Å²) in [6.07, 6.45) is 13.9. The maximum atomic E-state index is 3.52. The molecule has 2 fully saturated rings. The van der Waals surface area contributed by atoms with Gasteiger partial charge in [0.15, 0.2) is 0 Å². The van der Waals surface area contributed by atoms with Crippen molar-refractivity contribution in [1.82, 2.24) is 9.88 Å². The minimum absolute atomic E-state index is 0.822. The molecule has 2 nitrogen and oxygen atoms in total. The summed E-state index contributed by atoms with van der Waals surface area (Å²) in [4.78, 5) is 0. The van der Waals surface area contributed by atoms with Gasteiger partial charge in [0.05, 0.1) is 0 Å². The zero-order valence-electron chi connectivity index (χ0n) is 14.0. The summed E-state index contributed by atoms with van der Waals surface area (Å²) in [6, 6.07) is 0. The molecular formula is C18H32N2Si. The highest BCUT2D eigenvalue weighted by atomic mass is 28.3. The van der Waals surface area contributed by atoms with E-state index in [-0.39, 0.29) is 0 Å². The second kappa shape index (κ2) is 6.39. The number of hydrogen-bond acceptors (Lipinski definition) is 2. The molecule has 1 heterocycles. The van der Waals surface area contributed by atoms with Gasteiger partial charge in [0, 0.05) is 26.2 Å². The average Bonchev–Trinajstić information content (AvgIpc) is 2.88. The number of hydrogen-bond donors (Lipinski definition) is 1. The normalized spacial score (nSPS) is 36.9. The number of nitrogens with one attached hydrogen (secondary N) is 1. The van der Waals surface area contributed by atoms with Crippen LogP contribution < -0.4 is 5.32 Å². The van der Waals surface area contributed by atoms with Crippen LogP contribution in [0.5, 0.6) is 0 Å². The first-order valence-corrected chi connectivity index (χ1v) is 12.0. The van der Waals surface area contributed by atoms with Gasteiger partial charge in [0.25, 0.3) is 0 Å². The Bertz CT molecular complexity index is 409. The standard InChI is InChI=1S/C18H32N2Si/c1-4-7-15-14-18(17-9-6-5-8-16(15)17)21(2,3)20-12-10-19-11-13-20/h5-6,8-9,15-19H,4,7,10-14H2,1-3H3/t15-,16?,17?,18?/m0/s1. The molecule has 0 aromatic carbocycles. The molecule has 118 valence electrons. The Kier molecular flexibility index (Phi) is 4.72. The highest BCUT2D eigenvalue weighted by molar-refractivity contribution is 6.76. The van der Waals surface area contributed by atoms with Gasteiger partial charge in [0.1, 0.15) is 8.24 Å². The van der Waals surface area contributed by atoms with Gasteiger partial charge < -0.3 is 9.88 Å². The van der Waals surface area contributed by atoms with E-state index >= 15 is 0 Å². The predicted molar refractivity (Wildman–Crippen MR) is 93.9 cm³/mol. The zero-order chi connectivity index (χ0) is 14.9. The number of piperazine rings is 1. The molecule has 2 aliphatic carbocycles. The van der Waals surface area contributed by atoms with Crippen molar-refractivity contribution in [1.29, 1.82) is 0 Å². The lowest BCUT2D eigenvalue weighted by Crippen LogP contribution is -2.59. The van der Waals surface area contributed by atoms with E-state index in [1.165, 1.54) is 45.4 Å². The fraction of sp³-hybridized carbons (Fsp3) is 0.778. The van der Waals surface area contributed by atoms with Crippen molar-refractivity contribution in [3.63, 3.8) is 0 Å². The van der Waals surface area contributed by atoms with Crippen molar-refractivity contribution in [2.45, 2.75) is 44.8 Å². The monoisotopic (exact) mass is 304 g/mol. The molecule has 21 heavy (non-hydrogen) atoms. The molecule has 3 rings (SSSR count). The van der Waals surface area contributed by atoms with Crippen LogP contribution in [0.25, 0.3) is 0 Å². The lowest BCUT2D eigenvalue weighted by molar-refractivity contribution is 0.346. The van der Waals surface area contributed by atoms with E-state index in [4.69, 9.17) is 0 Å². The van der Waals surface area contributed by atoms with E-state index in [2.05, 4.69) is 54.2 Å². The molecule has 0 spiro atoms. The summed E-state index contributed by atoms with van der Waals surface area (Å²) < 4.78 is 2.88. The first-order chi connectivity index (χ1) is 10.1. The minimum Gasteiger partial charge on any atom is -0.321 e. The zero-order valence-corrected chi connectivity index (χ0v) is 15.0. The third kappa shape index (κ3) is 2.93. The quantitative estimate of drug-likeness (QED) is 0.798. The number of nitrogens with zero attached hydrogens (tertiary/aromatic N) is 1. The van der Waals surface area contributed by atoms with Crippen LogP contribution in [0, 0.1) is 17.8 Å². The van der Waals surface area contributed by atoms with Gasteiger partial charge in [-0.05, 0) is 29.7 Å². The summed E-state index contributed by atoms with van der Waals surface area (Å²) in [5.74, 6) is 2.58. The second-order valence-electron chi connectivity index (χ2n) is 7.71. The molecule has 1 aliphatic heterocycles. The Balaban J connectivity index is 1.80. The number of fused-ring (bicyclic) bond motifs is 1. The van der Waals surface area contributed by atoms with Crippen molar-refractivity contribution < 1.29 is 0 Å². The Morgan fingerprint density at radius 3 is 2.43 bits per heavy atom. The van der Waals surface area contributed by atoms with E-state index in [1.54, 1.807) is 0 Å². The van der Waals surface area contributed by atoms with Crippen LogP contribution in [0.4, 0.5) is 0 Å². The maximum Gasteiger partial charge on any atom is 0.126 e. The van der Waals surface area contributed by atoms with E-state index in [0.717, 1.165) is 23.3 Å².